The summed E-state index contributed by atoms with van der Waals surface area (Å²) in [5.41, 5.74) is 1.18. The van der Waals surface area contributed by atoms with E-state index in [0.717, 1.165) is 31.8 Å². The van der Waals surface area contributed by atoms with Crippen LogP contribution in [0.15, 0.2) is 41.7 Å². The predicted molar refractivity (Wildman–Crippen MR) is 140 cm³/mol. The van der Waals surface area contributed by atoms with Crippen molar-refractivity contribution in [2.24, 2.45) is 4.99 Å². The molecule has 2 heterocycles. The summed E-state index contributed by atoms with van der Waals surface area (Å²) in [6.07, 6.45) is 4.07. The number of aliphatic imine (C=N–C) groups is 1. The molecule has 0 amide bonds. The SMILES string of the molecule is CCc1nncn1CCNC(=NCCCN(C)c1ccccc1)NC1CCS(=O)(=O)C1.I. The first-order valence-electron chi connectivity index (χ1n) is 10.8. The van der Waals surface area contributed by atoms with E-state index < -0.39 is 9.84 Å². The van der Waals surface area contributed by atoms with E-state index >= 15 is 0 Å². The standard InChI is InChI=1S/C21H33N7O2S.HI/c1-3-20-26-24-17-28(20)14-12-23-21(25-18-10-15-31(29,30)16-18)22-11-7-13-27(2)19-8-5-4-6-9-19;/h4-6,8-9,17-18H,3,7,10-16H2,1-2H3,(H2,22,23,25);1H. The minimum Gasteiger partial charge on any atom is -0.375 e. The highest BCUT2D eigenvalue weighted by Gasteiger charge is 2.28. The molecule has 1 fully saturated rings. The monoisotopic (exact) mass is 575 g/mol. The Morgan fingerprint density at radius 1 is 1.31 bits per heavy atom. The normalized spacial score (nSPS) is 17.6. The van der Waals surface area contributed by atoms with Gasteiger partial charge in [-0.05, 0) is 25.0 Å². The van der Waals surface area contributed by atoms with Gasteiger partial charge in [0, 0.05) is 51.4 Å². The van der Waals surface area contributed by atoms with E-state index in [1.807, 2.05) is 22.8 Å². The molecule has 0 bridgehead atoms. The van der Waals surface area contributed by atoms with Gasteiger partial charge >= 0.3 is 0 Å². The second-order valence-electron chi connectivity index (χ2n) is 7.81. The molecule has 2 N–H and O–H groups in total. The number of hydrogen-bond acceptors (Lipinski definition) is 6. The lowest BCUT2D eigenvalue weighted by atomic mass is 10.3. The van der Waals surface area contributed by atoms with Gasteiger partial charge in [-0.2, -0.15) is 0 Å². The van der Waals surface area contributed by atoms with Crippen LogP contribution in [0, 0.1) is 0 Å². The molecule has 1 unspecified atom stereocenters. The van der Waals surface area contributed by atoms with Gasteiger partial charge in [0.25, 0.3) is 0 Å². The highest BCUT2D eigenvalue weighted by molar-refractivity contribution is 14.0. The topological polar surface area (TPSA) is 105 Å². The summed E-state index contributed by atoms with van der Waals surface area (Å²) in [6, 6.07) is 10.2. The fourth-order valence-electron chi connectivity index (χ4n) is 3.60. The Balaban J connectivity index is 0.00000363. The number of hydrogen-bond donors (Lipinski definition) is 2. The molecule has 9 nitrogen and oxygen atoms in total. The number of aryl methyl sites for hydroxylation is 1. The molecule has 1 aromatic heterocycles. The first kappa shape index (κ1) is 26.4. The summed E-state index contributed by atoms with van der Waals surface area (Å²) in [4.78, 5) is 6.90. The summed E-state index contributed by atoms with van der Waals surface area (Å²) >= 11 is 0. The molecular formula is C21H34IN7O2S. The number of nitrogens with one attached hydrogen (secondary N) is 2. The molecule has 0 radical (unpaired) electrons. The smallest absolute Gasteiger partial charge is 0.191 e. The van der Waals surface area contributed by atoms with Crippen LogP contribution in [0.1, 0.15) is 25.6 Å². The Morgan fingerprint density at radius 3 is 2.78 bits per heavy atom. The van der Waals surface area contributed by atoms with E-state index in [1.165, 1.54) is 5.69 Å². The van der Waals surface area contributed by atoms with Gasteiger partial charge in [-0.15, -0.1) is 34.2 Å². The molecule has 11 heteroatoms. The van der Waals surface area contributed by atoms with E-state index in [0.29, 0.717) is 25.5 Å². The third-order valence-electron chi connectivity index (χ3n) is 5.35. The number of halogens is 1. The summed E-state index contributed by atoms with van der Waals surface area (Å²) in [7, 11) is -0.872. The molecule has 1 atom stereocenters. The Kier molecular flexibility index (Phi) is 10.7. The van der Waals surface area contributed by atoms with Crippen LogP contribution in [0.5, 0.6) is 0 Å². The molecule has 178 valence electrons. The highest BCUT2D eigenvalue weighted by Crippen LogP contribution is 2.12. The minimum absolute atomic E-state index is 0. The van der Waals surface area contributed by atoms with Gasteiger partial charge in [0.05, 0.1) is 11.5 Å². The first-order chi connectivity index (χ1) is 15.0. The number of para-hydroxylation sites is 1. The van der Waals surface area contributed by atoms with Gasteiger partial charge in [0.2, 0.25) is 0 Å². The molecule has 0 aliphatic carbocycles. The molecule has 32 heavy (non-hydrogen) atoms. The van der Waals surface area contributed by atoms with Gasteiger partial charge in [0.15, 0.2) is 15.8 Å². The molecular weight excluding hydrogens is 541 g/mol. The fourth-order valence-corrected chi connectivity index (χ4v) is 5.27. The van der Waals surface area contributed by atoms with E-state index in [9.17, 15) is 8.42 Å². The molecule has 1 aliphatic rings. The molecule has 1 saturated heterocycles. The van der Waals surface area contributed by atoms with Crippen molar-refractivity contribution in [1.29, 1.82) is 0 Å². The molecule has 1 aliphatic heterocycles. The third-order valence-corrected chi connectivity index (χ3v) is 7.12. The van der Waals surface area contributed by atoms with Gasteiger partial charge in [0.1, 0.15) is 12.2 Å². The van der Waals surface area contributed by atoms with Gasteiger partial charge in [-0.3, -0.25) is 4.99 Å². The van der Waals surface area contributed by atoms with Crippen molar-refractivity contribution in [3.63, 3.8) is 0 Å². The second kappa shape index (κ2) is 13.0. The second-order valence-corrected chi connectivity index (χ2v) is 10.0. The maximum atomic E-state index is 11.8. The minimum atomic E-state index is -2.95. The van der Waals surface area contributed by atoms with E-state index in [1.54, 1.807) is 6.33 Å². The number of guanidine groups is 1. The van der Waals surface area contributed by atoms with E-state index in [4.69, 9.17) is 4.99 Å². The Bertz CT molecular complexity index is 950. The fraction of sp³-hybridized carbons (Fsp3) is 0.571. The van der Waals surface area contributed by atoms with E-state index in [2.05, 4.69) is 51.8 Å². The number of sulfone groups is 1. The van der Waals surface area contributed by atoms with Crippen LogP contribution in [-0.4, -0.2) is 73.4 Å². The summed E-state index contributed by atoms with van der Waals surface area (Å²) in [5, 5.41) is 14.7. The van der Waals surface area contributed by atoms with Crippen LogP contribution in [0.4, 0.5) is 5.69 Å². The number of anilines is 1. The lowest BCUT2D eigenvalue weighted by Crippen LogP contribution is -2.45. The van der Waals surface area contributed by atoms with Crippen LogP contribution in [0.2, 0.25) is 0 Å². The quantitative estimate of drug-likeness (QED) is 0.192. The van der Waals surface area contributed by atoms with Crippen molar-refractivity contribution in [2.45, 2.75) is 38.8 Å². The number of nitrogens with zero attached hydrogens (tertiary/aromatic N) is 5. The van der Waals surface area contributed by atoms with Crippen LogP contribution in [0.25, 0.3) is 0 Å². The van der Waals surface area contributed by atoms with Crippen LogP contribution >= 0.6 is 24.0 Å². The average Bonchev–Trinajstić information content (AvgIpc) is 3.36. The maximum Gasteiger partial charge on any atom is 0.191 e. The Labute approximate surface area is 208 Å². The van der Waals surface area contributed by atoms with Crippen LogP contribution < -0.4 is 15.5 Å². The van der Waals surface area contributed by atoms with Gasteiger partial charge in [-0.25, -0.2) is 8.42 Å². The van der Waals surface area contributed by atoms with E-state index in [-0.39, 0.29) is 41.5 Å². The zero-order valence-electron chi connectivity index (χ0n) is 18.8. The number of benzene rings is 1. The summed E-state index contributed by atoms with van der Waals surface area (Å²) in [6.45, 7) is 4.96. The van der Waals surface area contributed by atoms with Crippen molar-refractivity contribution in [3.8, 4) is 0 Å². The van der Waals surface area contributed by atoms with Crippen molar-refractivity contribution < 1.29 is 8.42 Å². The zero-order chi connectivity index (χ0) is 22.1. The maximum absolute atomic E-state index is 11.8. The predicted octanol–water partition coefficient (Wildman–Crippen LogP) is 1.71. The molecule has 0 spiro atoms. The van der Waals surface area contributed by atoms with Gasteiger partial charge < -0.3 is 20.1 Å². The van der Waals surface area contributed by atoms with Crippen LogP contribution in [-0.2, 0) is 22.8 Å². The largest absolute Gasteiger partial charge is 0.375 e. The third kappa shape index (κ3) is 8.23. The first-order valence-corrected chi connectivity index (χ1v) is 12.7. The van der Waals surface area contributed by atoms with Crippen LogP contribution in [0.3, 0.4) is 0 Å². The molecule has 3 rings (SSSR count). The number of rotatable bonds is 10. The summed E-state index contributed by atoms with van der Waals surface area (Å²) in [5.74, 6) is 2.01. The highest BCUT2D eigenvalue weighted by atomic mass is 127. The number of aromatic nitrogens is 3. The molecule has 0 saturated carbocycles. The lowest BCUT2D eigenvalue weighted by Gasteiger charge is -2.19. The zero-order valence-corrected chi connectivity index (χ0v) is 21.9. The van der Waals surface area contributed by atoms with Crippen molar-refractivity contribution in [3.05, 3.63) is 42.5 Å². The average molecular weight is 576 g/mol. The summed E-state index contributed by atoms with van der Waals surface area (Å²) < 4.78 is 25.6. The van der Waals surface area contributed by atoms with Crippen molar-refractivity contribution in [1.82, 2.24) is 25.4 Å². The molecule has 1 aromatic carbocycles. The van der Waals surface area contributed by atoms with Crippen molar-refractivity contribution in [2.75, 3.05) is 43.1 Å². The lowest BCUT2D eigenvalue weighted by molar-refractivity contribution is 0.597. The molecule has 2 aromatic rings. The Morgan fingerprint density at radius 2 is 2.09 bits per heavy atom. The van der Waals surface area contributed by atoms with Crippen molar-refractivity contribution >= 4 is 45.5 Å². The Hall–Kier alpha value is -1.89. The van der Waals surface area contributed by atoms with Gasteiger partial charge in [-0.1, -0.05) is 25.1 Å².